The maximum atomic E-state index is 13.2. The third-order valence-electron chi connectivity index (χ3n) is 6.57. The highest BCUT2D eigenvalue weighted by molar-refractivity contribution is 6.28. The molecule has 3 heterocycles. The van der Waals surface area contributed by atoms with Crippen molar-refractivity contribution in [2.24, 2.45) is 5.92 Å². The molecule has 11 nitrogen and oxygen atoms in total. The zero-order chi connectivity index (χ0) is 27.4. The average Bonchev–Trinajstić information content (AvgIpc) is 3.43. The van der Waals surface area contributed by atoms with Crippen LogP contribution in [-0.2, 0) is 35.0 Å². The molecule has 0 bridgehead atoms. The number of ether oxygens (including phenoxy) is 4. The van der Waals surface area contributed by atoms with Gasteiger partial charge in [-0.05, 0) is 37.9 Å². The van der Waals surface area contributed by atoms with Crippen molar-refractivity contribution in [2.75, 3.05) is 19.8 Å². The Morgan fingerprint density at radius 2 is 1.79 bits per heavy atom. The Labute approximate surface area is 225 Å². The maximum Gasteiger partial charge on any atom is 0.350 e. The van der Waals surface area contributed by atoms with Crippen LogP contribution >= 0.6 is 11.6 Å². The molecule has 0 amide bonds. The van der Waals surface area contributed by atoms with Crippen molar-refractivity contribution >= 4 is 34.7 Å². The number of carbonyl (C=O) groups is 2. The Morgan fingerprint density at radius 1 is 1.13 bits per heavy atom. The molecule has 0 unspecified atom stereocenters. The minimum atomic E-state index is -2.06. The predicted molar refractivity (Wildman–Crippen MR) is 136 cm³/mol. The molecule has 0 saturated carbocycles. The van der Waals surface area contributed by atoms with E-state index in [0.717, 1.165) is 0 Å². The van der Waals surface area contributed by atoms with Crippen molar-refractivity contribution in [1.29, 1.82) is 0 Å². The lowest BCUT2D eigenvalue weighted by molar-refractivity contribution is -0.196. The number of aromatic nitrogens is 4. The largest absolute Gasteiger partial charge is 0.463 e. The van der Waals surface area contributed by atoms with Gasteiger partial charge < -0.3 is 24.1 Å². The van der Waals surface area contributed by atoms with Crippen LogP contribution < -0.4 is 0 Å². The topological polar surface area (TPSA) is 135 Å². The van der Waals surface area contributed by atoms with E-state index in [1.54, 1.807) is 56.5 Å². The van der Waals surface area contributed by atoms with E-state index in [0.29, 0.717) is 22.4 Å². The number of hydrogen-bond acceptors (Lipinski definition) is 10. The van der Waals surface area contributed by atoms with Crippen LogP contribution in [0.2, 0.25) is 5.28 Å². The van der Waals surface area contributed by atoms with Gasteiger partial charge in [0.2, 0.25) is 5.28 Å². The van der Waals surface area contributed by atoms with Crippen LogP contribution in [0, 0.1) is 12.8 Å². The van der Waals surface area contributed by atoms with Crippen LogP contribution in [0.5, 0.6) is 0 Å². The number of aliphatic hydroxyl groups excluding tert-OH is 1. The number of nitrogens with zero attached hydrogens (tertiary/aromatic N) is 4. The smallest absolute Gasteiger partial charge is 0.350 e. The van der Waals surface area contributed by atoms with Crippen molar-refractivity contribution in [3.63, 3.8) is 0 Å². The maximum absolute atomic E-state index is 13.2. The lowest BCUT2D eigenvalue weighted by Crippen LogP contribution is -2.54. The van der Waals surface area contributed by atoms with Crippen LogP contribution in [0.15, 0.2) is 36.7 Å². The molecule has 1 saturated heterocycles. The van der Waals surface area contributed by atoms with Crippen molar-refractivity contribution in [2.45, 2.75) is 58.2 Å². The number of esters is 2. The molecule has 0 aliphatic carbocycles. The molecule has 1 N–H and O–H groups in total. The quantitative estimate of drug-likeness (QED) is 0.230. The van der Waals surface area contributed by atoms with Crippen LogP contribution in [0.25, 0.3) is 11.2 Å². The first-order valence-corrected chi connectivity index (χ1v) is 12.8. The molecule has 1 aromatic carbocycles. The minimum absolute atomic E-state index is 0.0479. The molecule has 4 atom stereocenters. The minimum Gasteiger partial charge on any atom is -0.463 e. The normalized spacial score (nSPS) is 21.5. The Bertz CT molecular complexity index is 1270. The number of fused-ring (bicyclic) bond motifs is 1. The Balaban J connectivity index is 1.62. The van der Waals surface area contributed by atoms with E-state index in [2.05, 4.69) is 15.0 Å². The molecule has 4 rings (SSSR count). The van der Waals surface area contributed by atoms with Crippen molar-refractivity contribution in [3.05, 3.63) is 53.2 Å². The second kappa shape index (κ2) is 11.7. The van der Waals surface area contributed by atoms with Crippen LogP contribution in [0.3, 0.4) is 0 Å². The molecule has 1 aliphatic rings. The third kappa shape index (κ3) is 5.37. The Kier molecular flexibility index (Phi) is 8.61. The highest BCUT2D eigenvalue weighted by atomic mass is 35.5. The predicted octanol–water partition coefficient (Wildman–Crippen LogP) is 2.81. The van der Waals surface area contributed by atoms with Gasteiger partial charge in [-0.1, -0.05) is 37.3 Å². The summed E-state index contributed by atoms with van der Waals surface area (Å²) in [6, 6.07) is 8.99. The van der Waals surface area contributed by atoms with Crippen molar-refractivity contribution in [3.8, 4) is 0 Å². The SMILES string of the molecule is CCOC(=O)C(Cc1ccccc1)(OC[C@H]1O[C@@H](n2cnc3c(C)nc(Cl)nc32)[C@H](O)[C@@H]1C)C(=O)OCC. The summed E-state index contributed by atoms with van der Waals surface area (Å²) < 4.78 is 24.4. The Hall–Kier alpha value is -3.12. The van der Waals surface area contributed by atoms with Gasteiger partial charge >= 0.3 is 11.9 Å². The van der Waals surface area contributed by atoms with E-state index in [1.165, 1.54) is 6.33 Å². The number of hydrogen-bond donors (Lipinski definition) is 1. The number of halogens is 1. The first-order valence-electron chi connectivity index (χ1n) is 12.4. The zero-order valence-electron chi connectivity index (χ0n) is 21.7. The summed E-state index contributed by atoms with van der Waals surface area (Å²) in [4.78, 5) is 39.2. The molecule has 204 valence electrons. The van der Waals surface area contributed by atoms with E-state index in [9.17, 15) is 14.7 Å². The third-order valence-corrected chi connectivity index (χ3v) is 6.74. The van der Waals surface area contributed by atoms with Crippen molar-refractivity contribution in [1.82, 2.24) is 19.5 Å². The van der Waals surface area contributed by atoms with Gasteiger partial charge in [0.05, 0.1) is 37.9 Å². The van der Waals surface area contributed by atoms with E-state index in [4.69, 9.17) is 30.5 Å². The number of aryl methyl sites for hydroxylation is 1. The number of aliphatic hydroxyl groups is 1. The number of benzene rings is 1. The second-order valence-corrected chi connectivity index (χ2v) is 9.40. The summed E-state index contributed by atoms with van der Waals surface area (Å²) in [5.74, 6) is -2.14. The van der Waals surface area contributed by atoms with E-state index in [-0.39, 0.29) is 31.5 Å². The first-order chi connectivity index (χ1) is 18.2. The monoisotopic (exact) mass is 546 g/mol. The van der Waals surface area contributed by atoms with E-state index >= 15 is 0 Å². The van der Waals surface area contributed by atoms with E-state index in [1.807, 2.05) is 6.07 Å². The summed E-state index contributed by atoms with van der Waals surface area (Å²) in [5, 5.41) is 11.1. The lowest BCUT2D eigenvalue weighted by Gasteiger charge is -2.31. The zero-order valence-corrected chi connectivity index (χ0v) is 22.4. The van der Waals surface area contributed by atoms with Crippen LogP contribution in [-0.4, -0.2) is 74.2 Å². The highest BCUT2D eigenvalue weighted by Crippen LogP contribution is 2.37. The lowest BCUT2D eigenvalue weighted by atomic mass is 9.93. The molecule has 0 spiro atoms. The molecule has 1 aliphatic heterocycles. The molecular formula is C26H31ClN4O7. The first kappa shape index (κ1) is 27.9. The standard InChI is InChI=1S/C26H31ClN4O7/c1-5-35-23(33)26(24(34)36-6-2,12-17-10-8-7-9-11-17)37-13-18-15(3)20(32)22(38-18)31-14-28-19-16(4)29-25(27)30-21(19)31/h7-11,14-15,18,20,22,32H,5-6,12-13H2,1-4H3/t15-,18-,20-,22-/m1/s1. The second-order valence-electron chi connectivity index (χ2n) is 9.06. The molecule has 38 heavy (non-hydrogen) atoms. The van der Waals surface area contributed by atoms with Gasteiger partial charge in [0.1, 0.15) is 11.6 Å². The fourth-order valence-electron chi connectivity index (χ4n) is 4.49. The van der Waals surface area contributed by atoms with Crippen LogP contribution in [0.4, 0.5) is 0 Å². The van der Waals surface area contributed by atoms with Crippen molar-refractivity contribution < 1.29 is 33.6 Å². The fraction of sp³-hybridized carbons (Fsp3) is 0.500. The van der Waals surface area contributed by atoms with Gasteiger partial charge in [-0.25, -0.2) is 19.6 Å². The summed E-state index contributed by atoms with van der Waals surface area (Å²) in [5.41, 5.74) is 0.164. The summed E-state index contributed by atoms with van der Waals surface area (Å²) >= 11 is 6.06. The fourth-order valence-corrected chi connectivity index (χ4v) is 4.70. The molecule has 1 fully saturated rings. The average molecular weight is 547 g/mol. The highest BCUT2D eigenvalue weighted by Gasteiger charge is 2.52. The van der Waals surface area contributed by atoms with Gasteiger partial charge in [-0.15, -0.1) is 0 Å². The summed E-state index contributed by atoms with van der Waals surface area (Å²) in [6.07, 6.45) is -1.11. The number of carbonyl (C=O) groups excluding carboxylic acids is 2. The van der Waals surface area contributed by atoms with Gasteiger partial charge in [-0.3, -0.25) is 4.57 Å². The van der Waals surface area contributed by atoms with Crippen LogP contribution in [0.1, 0.15) is 38.3 Å². The number of imidazole rings is 1. The van der Waals surface area contributed by atoms with Gasteiger partial charge in [0.25, 0.3) is 5.60 Å². The molecule has 2 aromatic heterocycles. The molecular weight excluding hydrogens is 516 g/mol. The summed E-state index contributed by atoms with van der Waals surface area (Å²) in [7, 11) is 0. The molecule has 3 aromatic rings. The van der Waals surface area contributed by atoms with Gasteiger partial charge in [-0.2, -0.15) is 4.98 Å². The molecule has 12 heteroatoms. The van der Waals surface area contributed by atoms with E-state index < -0.39 is 41.9 Å². The van der Waals surface area contributed by atoms with Gasteiger partial charge in [0, 0.05) is 12.3 Å². The van der Waals surface area contributed by atoms with Gasteiger partial charge in [0.15, 0.2) is 11.9 Å². The summed E-state index contributed by atoms with van der Waals surface area (Å²) in [6.45, 7) is 6.74. The molecule has 0 radical (unpaired) electrons. The number of rotatable bonds is 10. The Morgan fingerprint density at radius 3 is 2.42 bits per heavy atom.